The van der Waals surface area contributed by atoms with Crippen molar-refractivity contribution in [3.8, 4) is 0 Å². The second-order valence-electron chi connectivity index (χ2n) is 7.39. The molecule has 0 bridgehead atoms. The lowest BCUT2D eigenvalue weighted by molar-refractivity contribution is -0.137. The number of amides is 1. The van der Waals surface area contributed by atoms with Gasteiger partial charge in [-0.1, -0.05) is 17.4 Å². The van der Waals surface area contributed by atoms with Crippen molar-refractivity contribution in [3.05, 3.63) is 59.2 Å². The second kappa shape index (κ2) is 8.99. The van der Waals surface area contributed by atoms with E-state index < -0.39 is 29.3 Å². The number of alkyl halides is 3. The molecule has 1 fully saturated rings. The van der Waals surface area contributed by atoms with Crippen LogP contribution in [0.3, 0.4) is 0 Å². The summed E-state index contributed by atoms with van der Waals surface area (Å²) in [5.41, 5.74) is -0.742. The highest BCUT2D eigenvalue weighted by atomic mass is 32.1. The van der Waals surface area contributed by atoms with E-state index in [2.05, 4.69) is 15.2 Å². The zero-order valence-electron chi connectivity index (χ0n) is 16.8. The van der Waals surface area contributed by atoms with Crippen molar-refractivity contribution in [3.63, 3.8) is 0 Å². The van der Waals surface area contributed by atoms with Crippen LogP contribution in [0.2, 0.25) is 0 Å². The van der Waals surface area contributed by atoms with Crippen LogP contribution in [-0.2, 0) is 6.18 Å². The van der Waals surface area contributed by atoms with Crippen molar-refractivity contribution in [2.24, 2.45) is 0 Å². The summed E-state index contributed by atoms with van der Waals surface area (Å²) in [6, 6.07) is 6.39. The van der Waals surface area contributed by atoms with Gasteiger partial charge in [-0.2, -0.15) is 13.2 Å². The minimum absolute atomic E-state index is 0.0378. The number of nitrogens with one attached hydrogen (secondary N) is 1. The van der Waals surface area contributed by atoms with E-state index in [4.69, 9.17) is 0 Å². The lowest BCUT2D eigenvalue weighted by atomic mass is 10.1. The van der Waals surface area contributed by atoms with Gasteiger partial charge in [-0.15, -0.1) is 0 Å². The van der Waals surface area contributed by atoms with E-state index in [1.807, 2.05) is 4.90 Å². The zero-order chi connectivity index (χ0) is 22.9. The lowest BCUT2D eigenvalue weighted by Crippen LogP contribution is -2.48. The molecule has 1 aromatic heterocycles. The van der Waals surface area contributed by atoms with Gasteiger partial charge in [-0.25, -0.2) is 13.8 Å². The summed E-state index contributed by atoms with van der Waals surface area (Å²) in [7, 11) is 0. The molecule has 0 radical (unpaired) electrons. The number of hydrogen-bond donors (Lipinski definition) is 1. The first-order valence-electron chi connectivity index (χ1n) is 9.89. The molecule has 2 heterocycles. The van der Waals surface area contributed by atoms with Gasteiger partial charge in [0.1, 0.15) is 11.3 Å². The van der Waals surface area contributed by atoms with E-state index in [9.17, 15) is 26.7 Å². The van der Waals surface area contributed by atoms with Gasteiger partial charge in [0, 0.05) is 50.9 Å². The normalized spacial score (nSPS) is 15.3. The molecule has 1 amide bonds. The van der Waals surface area contributed by atoms with E-state index >= 15 is 0 Å². The summed E-state index contributed by atoms with van der Waals surface area (Å²) in [4.78, 5) is 20.6. The third kappa shape index (κ3) is 4.99. The predicted octanol–water partition coefficient (Wildman–Crippen LogP) is 4.15. The lowest BCUT2D eigenvalue weighted by Gasteiger charge is -2.34. The van der Waals surface area contributed by atoms with Gasteiger partial charge in [-0.3, -0.25) is 9.69 Å². The molecular weight excluding hydrogens is 451 g/mol. The number of carbonyl (C=O) groups is 1. The van der Waals surface area contributed by atoms with Crippen molar-refractivity contribution in [1.82, 2.24) is 15.2 Å². The van der Waals surface area contributed by atoms with E-state index in [0.29, 0.717) is 49.1 Å². The summed E-state index contributed by atoms with van der Waals surface area (Å²) in [5, 5.41) is 3.27. The number of hydrogen-bond acceptors (Lipinski definition) is 5. The van der Waals surface area contributed by atoms with Crippen molar-refractivity contribution in [2.45, 2.75) is 6.18 Å². The molecule has 0 spiro atoms. The van der Waals surface area contributed by atoms with Gasteiger partial charge in [0.2, 0.25) is 0 Å². The first-order valence-corrected chi connectivity index (χ1v) is 10.7. The molecule has 5 nitrogen and oxygen atoms in total. The minimum atomic E-state index is -4.50. The molecule has 3 aromatic rings. The number of aromatic nitrogens is 1. The number of fused-ring (bicyclic) bond motifs is 1. The fourth-order valence-electron chi connectivity index (χ4n) is 3.51. The summed E-state index contributed by atoms with van der Waals surface area (Å²) in [6.45, 7) is 3.44. The molecule has 0 saturated carbocycles. The van der Waals surface area contributed by atoms with Gasteiger partial charge in [0.15, 0.2) is 10.9 Å². The summed E-state index contributed by atoms with van der Waals surface area (Å²) >= 11 is 1.23. The number of piperazine rings is 1. The molecule has 2 aromatic carbocycles. The Balaban J connectivity index is 1.27. The number of nitrogens with zero attached hydrogens (tertiary/aromatic N) is 3. The number of thiazole rings is 1. The van der Waals surface area contributed by atoms with Crippen LogP contribution in [0, 0.1) is 11.6 Å². The molecule has 32 heavy (non-hydrogen) atoms. The van der Waals surface area contributed by atoms with Gasteiger partial charge >= 0.3 is 6.18 Å². The molecule has 0 unspecified atom stereocenters. The average Bonchev–Trinajstić information content (AvgIpc) is 3.18. The van der Waals surface area contributed by atoms with Crippen molar-refractivity contribution in [2.75, 3.05) is 44.2 Å². The maximum atomic E-state index is 13.9. The number of benzene rings is 2. The van der Waals surface area contributed by atoms with Crippen LogP contribution in [-0.4, -0.2) is 55.1 Å². The number of anilines is 1. The first-order chi connectivity index (χ1) is 15.2. The highest BCUT2D eigenvalue weighted by Gasteiger charge is 2.31. The number of carbonyl (C=O) groups excluding carboxylic acids is 1. The maximum absolute atomic E-state index is 13.9. The molecule has 1 aliphatic heterocycles. The Bertz CT molecular complexity index is 1130. The summed E-state index contributed by atoms with van der Waals surface area (Å²) in [6.07, 6.45) is -4.50. The van der Waals surface area contributed by atoms with Gasteiger partial charge in [-0.05, 0) is 24.3 Å². The van der Waals surface area contributed by atoms with Gasteiger partial charge in [0.05, 0.1) is 10.3 Å². The molecular formula is C21H19F5N4OS. The second-order valence-corrected chi connectivity index (χ2v) is 8.40. The van der Waals surface area contributed by atoms with E-state index in [-0.39, 0.29) is 11.1 Å². The standard InChI is InChI=1S/C21H19F5N4OS/c22-15-11-16(23)18-17(12-15)32-20(28-18)30-8-6-29(7-9-30)5-4-27-19(31)13-2-1-3-14(10-13)21(24,25)26/h1-3,10-12H,4-9H2,(H,27,31). The fourth-order valence-corrected chi connectivity index (χ4v) is 4.57. The van der Waals surface area contributed by atoms with Crippen LogP contribution >= 0.6 is 11.3 Å². The maximum Gasteiger partial charge on any atom is 0.416 e. The monoisotopic (exact) mass is 470 g/mol. The van der Waals surface area contributed by atoms with Gasteiger partial charge < -0.3 is 10.2 Å². The Morgan fingerprint density at radius 2 is 1.84 bits per heavy atom. The molecule has 1 saturated heterocycles. The molecule has 0 aliphatic carbocycles. The van der Waals surface area contributed by atoms with E-state index in [1.54, 1.807) is 0 Å². The topological polar surface area (TPSA) is 48.5 Å². The number of halogens is 5. The van der Waals surface area contributed by atoms with Crippen LogP contribution in [0.5, 0.6) is 0 Å². The largest absolute Gasteiger partial charge is 0.416 e. The van der Waals surface area contributed by atoms with Crippen LogP contribution in [0.15, 0.2) is 36.4 Å². The van der Waals surface area contributed by atoms with Crippen molar-refractivity contribution >= 4 is 32.6 Å². The molecule has 11 heteroatoms. The Morgan fingerprint density at radius 1 is 1.09 bits per heavy atom. The van der Waals surface area contributed by atoms with Crippen LogP contribution < -0.4 is 10.2 Å². The number of rotatable bonds is 5. The quantitative estimate of drug-likeness (QED) is 0.570. The van der Waals surface area contributed by atoms with Gasteiger partial charge in [0.25, 0.3) is 5.91 Å². The van der Waals surface area contributed by atoms with Crippen molar-refractivity contribution in [1.29, 1.82) is 0 Å². The SMILES string of the molecule is O=C(NCCN1CCN(c2nc3c(F)cc(F)cc3s2)CC1)c1cccc(C(F)(F)F)c1. The Hall–Kier alpha value is -2.79. The fraction of sp³-hybridized carbons (Fsp3) is 0.333. The highest BCUT2D eigenvalue weighted by molar-refractivity contribution is 7.22. The molecule has 4 rings (SSSR count). The van der Waals surface area contributed by atoms with Crippen LogP contribution in [0.25, 0.3) is 10.2 Å². The average molecular weight is 470 g/mol. The molecule has 1 N–H and O–H groups in total. The Labute approximate surface area is 184 Å². The van der Waals surface area contributed by atoms with E-state index in [1.165, 1.54) is 29.5 Å². The summed E-state index contributed by atoms with van der Waals surface area (Å²) in [5.74, 6) is -1.88. The third-order valence-corrected chi connectivity index (χ3v) is 6.27. The highest BCUT2D eigenvalue weighted by Crippen LogP contribution is 2.32. The van der Waals surface area contributed by atoms with Crippen LogP contribution in [0.1, 0.15) is 15.9 Å². The van der Waals surface area contributed by atoms with E-state index in [0.717, 1.165) is 18.2 Å². The van der Waals surface area contributed by atoms with Crippen LogP contribution in [0.4, 0.5) is 27.1 Å². The molecule has 1 aliphatic rings. The Kier molecular flexibility index (Phi) is 6.29. The smallest absolute Gasteiger partial charge is 0.351 e. The molecule has 170 valence electrons. The summed E-state index contributed by atoms with van der Waals surface area (Å²) < 4.78 is 66.1. The first kappa shape index (κ1) is 22.4. The predicted molar refractivity (Wildman–Crippen MR) is 112 cm³/mol. The zero-order valence-corrected chi connectivity index (χ0v) is 17.6. The Morgan fingerprint density at radius 3 is 2.56 bits per heavy atom. The minimum Gasteiger partial charge on any atom is -0.351 e. The van der Waals surface area contributed by atoms with Crippen molar-refractivity contribution < 1.29 is 26.7 Å². The third-order valence-electron chi connectivity index (χ3n) is 5.21. The molecule has 0 atom stereocenters.